The van der Waals surface area contributed by atoms with Gasteiger partial charge in [-0.1, -0.05) is 19.1 Å². The largest absolute Gasteiger partial charge is 0.490 e. The van der Waals surface area contributed by atoms with Crippen LogP contribution in [0.1, 0.15) is 95.8 Å². The van der Waals surface area contributed by atoms with Crippen LogP contribution in [0, 0.1) is 17.8 Å². The fraction of sp³-hybridized carbons (Fsp3) is 0.724. The standard InChI is InChI=1S/C29H41NO6/c1-16(27(32)34-5)26(17-6-7-17)18-8-11-22-23(31)15-24(35-25(22)14-18)19-12-20-9-10-21(13-19)30(20)28(33)36-29(2,3)4/h8,11,14,16-17,19-21,23-24,26,31H,6-7,9-10,12-13,15H2,1-5H3/t16-,20-,21-,23-,24-,26-/m0/s1. The lowest BCUT2D eigenvalue weighted by Crippen LogP contribution is -2.51. The van der Waals surface area contributed by atoms with Gasteiger partial charge in [-0.2, -0.15) is 0 Å². The summed E-state index contributed by atoms with van der Waals surface area (Å²) in [5.74, 6) is 1.18. The Labute approximate surface area is 214 Å². The van der Waals surface area contributed by atoms with Gasteiger partial charge in [0.25, 0.3) is 0 Å². The highest BCUT2D eigenvalue weighted by Gasteiger charge is 2.48. The topological polar surface area (TPSA) is 85.3 Å². The first-order chi connectivity index (χ1) is 17.1. The zero-order chi connectivity index (χ0) is 25.8. The van der Waals surface area contributed by atoms with E-state index >= 15 is 0 Å². The molecule has 3 fully saturated rings. The van der Waals surface area contributed by atoms with E-state index < -0.39 is 11.7 Å². The van der Waals surface area contributed by atoms with Gasteiger partial charge in [-0.15, -0.1) is 0 Å². The molecule has 0 radical (unpaired) electrons. The van der Waals surface area contributed by atoms with E-state index in [0.29, 0.717) is 12.3 Å². The third-order valence-corrected chi connectivity index (χ3v) is 8.66. The van der Waals surface area contributed by atoms with Crippen LogP contribution in [-0.2, 0) is 14.3 Å². The summed E-state index contributed by atoms with van der Waals surface area (Å²) >= 11 is 0. The number of esters is 1. The first-order valence-electron chi connectivity index (χ1n) is 13.6. The van der Waals surface area contributed by atoms with Gasteiger partial charge in [0.05, 0.1) is 19.1 Å². The number of rotatable bonds is 5. The first kappa shape index (κ1) is 25.4. The zero-order valence-electron chi connectivity index (χ0n) is 22.2. The lowest BCUT2D eigenvalue weighted by molar-refractivity contribution is -0.145. The molecule has 1 saturated carbocycles. The van der Waals surface area contributed by atoms with Crippen molar-refractivity contribution < 1.29 is 28.9 Å². The van der Waals surface area contributed by atoms with Crippen LogP contribution in [0.25, 0.3) is 0 Å². The summed E-state index contributed by atoms with van der Waals surface area (Å²) in [6.45, 7) is 7.66. The molecule has 0 aromatic heterocycles. The molecule has 0 unspecified atom stereocenters. The molecule has 1 aromatic carbocycles. The molecule has 5 rings (SSSR count). The average Bonchev–Trinajstić information content (AvgIpc) is 3.61. The SMILES string of the molecule is COC(=O)[C@@H](C)[C@H](c1ccc2c(c1)O[C@H](C1C[C@@H]3CC[C@@H](C1)N3C(=O)OC(C)(C)C)C[C@@H]2O)C1CC1. The Kier molecular flexibility index (Phi) is 6.73. The van der Waals surface area contributed by atoms with Crippen molar-refractivity contribution in [3.05, 3.63) is 29.3 Å². The molecule has 3 heterocycles. The van der Waals surface area contributed by atoms with Crippen LogP contribution in [0.2, 0.25) is 0 Å². The van der Waals surface area contributed by atoms with E-state index in [4.69, 9.17) is 14.2 Å². The van der Waals surface area contributed by atoms with Crippen LogP contribution in [0.3, 0.4) is 0 Å². The molecule has 4 aliphatic rings. The van der Waals surface area contributed by atoms with E-state index in [1.807, 2.05) is 44.7 Å². The minimum absolute atomic E-state index is 0.0935. The summed E-state index contributed by atoms with van der Waals surface area (Å²) in [6, 6.07) is 6.40. The maximum atomic E-state index is 12.9. The summed E-state index contributed by atoms with van der Waals surface area (Å²) in [7, 11) is 1.45. The van der Waals surface area contributed by atoms with Gasteiger partial charge in [0.15, 0.2) is 0 Å². The van der Waals surface area contributed by atoms with Gasteiger partial charge in [0.1, 0.15) is 17.5 Å². The second-order valence-electron chi connectivity index (χ2n) is 12.4. The number of hydrogen-bond acceptors (Lipinski definition) is 6. The molecular formula is C29H41NO6. The van der Waals surface area contributed by atoms with Gasteiger partial charge in [0, 0.05) is 24.1 Å². The van der Waals surface area contributed by atoms with Crippen molar-refractivity contribution >= 4 is 12.1 Å². The van der Waals surface area contributed by atoms with Crippen LogP contribution in [-0.4, -0.2) is 53.0 Å². The number of fused-ring (bicyclic) bond motifs is 3. The number of methoxy groups -OCH3 is 1. The highest BCUT2D eigenvalue weighted by molar-refractivity contribution is 5.73. The van der Waals surface area contributed by atoms with Crippen LogP contribution >= 0.6 is 0 Å². The molecule has 6 atom stereocenters. The Morgan fingerprint density at radius 2 is 1.75 bits per heavy atom. The minimum atomic E-state index is -0.577. The van der Waals surface area contributed by atoms with Gasteiger partial charge in [-0.05, 0) is 88.7 Å². The number of amides is 1. The maximum absolute atomic E-state index is 12.9. The van der Waals surface area contributed by atoms with E-state index in [-0.39, 0.29) is 48.0 Å². The lowest BCUT2D eigenvalue weighted by Gasteiger charge is -2.43. The molecule has 7 nitrogen and oxygen atoms in total. The van der Waals surface area contributed by atoms with Crippen molar-refractivity contribution in [2.24, 2.45) is 17.8 Å². The second kappa shape index (κ2) is 9.55. The Hall–Kier alpha value is -2.28. The summed E-state index contributed by atoms with van der Waals surface area (Å²) in [4.78, 5) is 27.2. The molecule has 1 aromatic rings. The average molecular weight is 500 g/mol. The minimum Gasteiger partial charge on any atom is -0.490 e. The highest BCUT2D eigenvalue weighted by Crippen LogP contribution is 2.50. The van der Waals surface area contributed by atoms with Crippen molar-refractivity contribution in [3.63, 3.8) is 0 Å². The number of nitrogens with zero attached hydrogens (tertiary/aromatic N) is 1. The van der Waals surface area contributed by atoms with Crippen molar-refractivity contribution in [2.45, 2.75) is 108 Å². The quantitative estimate of drug-likeness (QED) is 0.550. The van der Waals surface area contributed by atoms with Crippen LogP contribution in [0.15, 0.2) is 18.2 Å². The fourth-order valence-electron chi connectivity index (χ4n) is 6.87. The molecule has 3 aliphatic heterocycles. The normalized spacial score (nSPS) is 31.2. The Morgan fingerprint density at radius 1 is 1.08 bits per heavy atom. The second-order valence-corrected chi connectivity index (χ2v) is 12.4. The number of carbonyl (C=O) groups excluding carboxylic acids is 2. The Morgan fingerprint density at radius 3 is 2.33 bits per heavy atom. The number of hydrogen-bond donors (Lipinski definition) is 1. The number of benzene rings is 1. The summed E-state index contributed by atoms with van der Waals surface area (Å²) in [5.41, 5.74) is 1.40. The Balaban J connectivity index is 1.32. The molecule has 1 N–H and O–H groups in total. The maximum Gasteiger partial charge on any atom is 0.410 e. The van der Waals surface area contributed by atoms with E-state index in [1.165, 1.54) is 7.11 Å². The van der Waals surface area contributed by atoms with Gasteiger partial charge < -0.3 is 24.2 Å². The van der Waals surface area contributed by atoms with E-state index in [9.17, 15) is 14.7 Å². The number of aliphatic hydroxyl groups excluding tert-OH is 1. The number of aliphatic hydroxyl groups is 1. The van der Waals surface area contributed by atoms with Gasteiger partial charge >= 0.3 is 12.1 Å². The third kappa shape index (κ3) is 4.96. The van der Waals surface area contributed by atoms with Crippen molar-refractivity contribution in [2.75, 3.05) is 7.11 Å². The first-order valence-corrected chi connectivity index (χ1v) is 13.6. The molecule has 0 spiro atoms. The smallest absolute Gasteiger partial charge is 0.410 e. The summed E-state index contributed by atoms with van der Waals surface area (Å²) in [6.07, 6.45) is 5.64. The van der Waals surface area contributed by atoms with Crippen LogP contribution in [0.5, 0.6) is 5.75 Å². The third-order valence-electron chi connectivity index (χ3n) is 8.66. The predicted molar refractivity (Wildman–Crippen MR) is 135 cm³/mol. The van der Waals surface area contributed by atoms with Gasteiger partial charge in [0.2, 0.25) is 0 Å². The van der Waals surface area contributed by atoms with E-state index in [0.717, 1.165) is 55.4 Å². The molecule has 1 aliphatic carbocycles. The molecule has 36 heavy (non-hydrogen) atoms. The molecule has 2 saturated heterocycles. The van der Waals surface area contributed by atoms with Crippen molar-refractivity contribution in [3.8, 4) is 5.75 Å². The molecule has 2 bridgehead atoms. The number of ether oxygens (including phenoxy) is 3. The van der Waals surface area contributed by atoms with Crippen LogP contribution < -0.4 is 4.74 Å². The van der Waals surface area contributed by atoms with E-state index in [1.54, 1.807) is 0 Å². The molecule has 1 amide bonds. The highest BCUT2D eigenvalue weighted by atomic mass is 16.6. The van der Waals surface area contributed by atoms with Crippen LogP contribution in [0.4, 0.5) is 4.79 Å². The molecular weight excluding hydrogens is 458 g/mol. The van der Waals surface area contributed by atoms with Crippen molar-refractivity contribution in [1.82, 2.24) is 4.90 Å². The van der Waals surface area contributed by atoms with Gasteiger partial charge in [-0.25, -0.2) is 4.79 Å². The lowest BCUT2D eigenvalue weighted by atomic mass is 9.80. The fourth-order valence-corrected chi connectivity index (χ4v) is 6.87. The Bertz CT molecular complexity index is 984. The summed E-state index contributed by atoms with van der Waals surface area (Å²) < 4.78 is 17.3. The monoisotopic (exact) mass is 499 g/mol. The number of carbonyl (C=O) groups is 2. The predicted octanol–water partition coefficient (Wildman–Crippen LogP) is 5.35. The number of piperidine rings is 1. The van der Waals surface area contributed by atoms with Gasteiger partial charge in [-0.3, -0.25) is 4.79 Å². The summed E-state index contributed by atoms with van der Waals surface area (Å²) in [5, 5.41) is 11.0. The molecule has 198 valence electrons. The zero-order valence-corrected chi connectivity index (χ0v) is 22.2. The van der Waals surface area contributed by atoms with E-state index in [2.05, 4.69) is 6.07 Å². The molecule has 7 heteroatoms. The van der Waals surface area contributed by atoms with Crippen molar-refractivity contribution in [1.29, 1.82) is 0 Å².